The molecule has 1 fully saturated rings. The van der Waals surface area contributed by atoms with Crippen LogP contribution in [-0.4, -0.2) is 16.1 Å². The van der Waals surface area contributed by atoms with Crippen LogP contribution in [0, 0.1) is 11.7 Å². The van der Waals surface area contributed by atoms with Crippen molar-refractivity contribution in [3.05, 3.63) is 85.6 Å². The van der Waals surface area contributed by atoms with Crippen molar-refractivity contribution in [1.82, 2.24) is 0 Å². The van der Waals surface area contributed by atoms with Gasteiger partial charge in [-0.3, -0.25) is 9.59 Å². The third-order valence-corrected chi connectivity index (χ3v) is 7.91. The Hall–Kier alpha value is -1.93. The number of hydrogen-bond acceptors (Lipinski definition) is 3. The van der Waals surface area contributed by atoms with Crippen LogP contribution in [0.5, 0.6) is 0 Å². The van der Waals surface area contributed by atoms with Crippen LogP contribution in [0.4, 0.5) is 21.5 Å². The van der Waals surface area contributed by atoms with Crippen LogP contribution in [0.2, 0.25) is 20.1 Å². The van der Waals surface area contributed by atoms with Crippen molar-refractivity contribution in [2.45, 2.75) is 10.3 Å². The molecular weight excluding hydrogens is 582 g/mol. The minimum absolute atomic E-state index is 0.0275. The molecule has 12 heteroatoms. The van der Waals surface area contributed by atoms with Crippen molar-refractivity contribution < 1.29 is 14.0 Å². The van der Waals surface area contributed by atoms with E-state index in [0.29, 0.717) is 5.56 Å². The lowest BCUT2D eigenvalue weighted by molar-refractivity contribution is -0.117. The van der Waals surface area contributed by atoms with E-state index in [1.54, 1.807) is 12.1 Å². The molecule has 182 valence electrons. The summed E-state index contributed by atoms with van der Waals surface area (Å²) < 4.78 is 12.1. The highest BCUT2D eigenvalue weighted by molar-refractivity contribution is 6.54. The molecule has 0 aliphatic heterocycles. The van der Waals surface area contributed by atoms with Gasteiger partial charge in [0.15, 0.2) is 0 Å². The number of benzene rings is 3. The monoisotopic (exact) mass is 593 g/mol. The minimum atomic E-state index is -1.41. The number of carbonyl (C=O) groups excluding carboxylic acids is 2. The van der Waals surface area contributed by atoms with Crippen LogP contribution in [0.3, 0.4) is 0 Å². The molecule has 0 radical (unpaired) electrons. The predicted octanol–water partition coefficient (Wildman–Crippen LogP) is 7.80. The van der Waals surface area contributed by atoms with Crippen molar-refractivity contribution in [3.8, 4) is 0 Å². The van der Waals surface area contributed by atoms with Gasteiger partial charge in [0.1, 0.15) is 10.2 Å². The Labute approximate surface area is 229 Å². The summed E-state index contributed by atoms with van der Waals surface area (Å²) in [5, 5.41) is 5.88. The predicted molar refractivity (Wildman–Crippen MR) is 141 cm³/mol. The topological polar surface area (TPSA) is 84.2 Å². The lowest BCUT2D eigenvalue weighted by atomic mass is 10.1. The fraction of sp³-hybridized carbons (Fsp3) is 0.130. The lowest BCUT2D eigenvalue weighted by Crippen LogP contribution is -2.18. The van der Waals surface area contributed by atoms with Crippen molar-refractivity contribution in [3.63, 3.8) is 0 Å². The molecule has 4 rings (SSSR count). The zero-order valence-electron chi connectivity index (χ0n) is 17.3. The summed E-state index contributed by atoms with van der Waals surface area (Å²) in [5.74, 6) is -3.15. The second-order valence-corrected chi connectivity index (χ2v) is 10.8. The Kier molecular flexibility index (Phi) is 7.36. The van der Waals surface area contributed by atoms with Gasteiger partial charge in [0.05, 0.1) is 42.9 Å². The average Bonchev–Trinajstić information content (AvgIpc) is 3.37. The molecule has 1 unspecified atom stereocenters. The number of alkyl halides is 2. The van der Waals surface area contributed by atoms with Crippen molar-refractivity contribution in [1.29, 1.82) is 0 Å². The SMILES string of the molecule is Nc1ccc(F)cc1NC(=O)c1cc(NC(=O)C2[C@H](c3cc(Cl)c(Cl)c(Cl)c3)C2(Cl)Cl)ccc1Cl. The van der Waals surface area contributed by atoms with Crippen molar-refractivity contribution in [2.24, 2.45) is 5.92 Å². The van der Waals surface area contributed by atoms with E-state index in [0.717, 1.165) is 6.07 Å². The third kappa shape index (κ3) is 5.29. The Balaban J connectivity index is 1.53. The Morgan fingerprint density at radius 1 is 0.886 bits per heavy atom. The number of halogens is 7. The number of nitrogens with two attached hydrogens (primary N) is 1. The zero-order valence-corrected chi connectivity index (χ0v) is 21.8. The maximum atomic E-state index is 13.5. The van der Waals surface area contributed by atoms with E-state index in [2.05, 4.69) is 10.6 Å². The summed E-state index contributed by atoms with van der Waals surface area (Å²) in [6.45, 7) is 0. The third-order valence-electron chi connectivity index (χ3n) is 5.44. The summed E-state index contributed by atoms with van der Waals surface area (Å²) in [5.41, 5.74) is 6.88. The van der Waals surface area contributed by atoms with Gasteiger partial charge in [-0.1, -0.05) is 46.4 Å². The molecule has 3 aromatic carbocycles. The highest BCUT2D eigenvalue weighted by Gasteiger charge is 2.67. The molecule has 0 heterocycles. The lowest BCUT2D eigenvalue weighted by Gasteiger charge is -2.11. The molecule has 0 bridgehead atoms. The smallest absolute Gasteiger partial charge is 0.257 e. The van der Waals surface area contributed by atoms with Gasteiger partial charge in [-0.25, -0.2) is 4.39 Å². The van der Waals surface area contributed by atoms with E-state index in [1.165, 1.54) is 30.3 Å². The first-order valence-electron chi connectivity index (χ1n) is 9.89. The number of carbonyl (C=O) groups is 2. The summed E-state index contributed by atoms with van der Waals surface area (Å²) >= 11 is 37.2. The molecule has 5 nitrogen and oxygen atoms in total. The van der Waals surface area contributed by atoms with Gasteiger partial charge in [0.25, 0.3) is 5.91 Å². The van der Waals surface area contributed by atoms with Gasteiger partial charge in [-0.2, -0.15) is 0 Å². The van der Waals surface area contributed by atoms with Crippen LogP contribution >= 0.6 is 69.6 Å². The van der Waals surface area contributed by atoms with Gasteiger partial charge in [-0.05, 0) is 54.1 Å². The molecule has 3 aromatic rings. The summed E-state index contributed by atoms with van der Waals surface area (Å²) in [7, 11) is 0. The molecule has 35 heavy (non-hydrogen) atoms. The second-order valence-electron chi connectivity index (χ2n) is 7.80. The van der Waals surface area contributed by atoms with Gasteiger partial charge in [0.2, 0.25) is 5.91 Å². The van der Waals surface area contributed by atoms with Gasteiger partial charge < -0.3 is 16.4 Å². The molecule has 0 aromatic heterocycles. The van der Waals surface area contributed by atoms with Gasteiger partial charge in [-0.15, -0.1) is 23.2 Å². The summed E-state index contributed by atoms with van der Waals surface area (Å²) in [6.07, 6.45) is 0. The molecule has 2 amide bonds. The van der Waals surface area contributed by atoms with Gasteiger partial charge >= 0.3 is 0 Å². The number of nitrogen functional groups attached to an aromatic ring is 1. The standard InChI is InChI=1S/C23H14Cl6FN3O2/c24-13-3-2-11(8-12(13)21(34)33-17-7-10(30)1-4-16(17)31)32-22(35)19-18(23(19,28)29)9-5-14(25)20(27)15(26)6-9/h1-8,18-19H,31H2,(H,32,35)(H,33,34)/t18-,19?/m0/s1. The second kappa shape index (κ2) is 9.85. The Morgan fingerprint density at radius 3 is 2.20 bits per heavy atom. The van der Waals surface area contributed by atoms with Crippen LogP contribution < -0.4 is 16.4 Å². The van der Waals surface area contributed by atoms with Crippen LogP contribution in [0.1, 0.15) is 21.8 Å². The summed E-state index contributed by atoms with van der Waals surface area (Å²) in [4.78, 5) is 25.7. The zero-order chi connectivity index (χ0) is 25.7. The largest absolute Gasteiger partial charge is 0.397 e. The normalized spacial score (nSPS) is 18.1. The molecule has 2 atom stereocenters. The fourth-order valence-corrected chi connectivity index (χ4v) is 5.29. The molecule has 1 aliphatic carbocycles. The quantitative estimate of drug-likeness (QED) is 0.160. The van der Waals surface area contributed by atoms with E-state index in [4.69, 9.17) is 75.3 Å². The molecular formula is C23H14Cl6FN3O2. The number of anilines is 3. The Bertz CT molecular complexity index is 1340. The number of amides is 2. The highest BCUT2D eigenvalue weighted by atomic mass is 35.5. The molecule has 0 saturated heterocycles. The van der Waals surface area contributed by atoms with E-state index in [1.807, 2.05) is 0 Å². The van der Waals surface area contributed by atoms with Crippen molar-refractivity contribution >= 4 is 98.5 Å². The Morgan fingerprint density at radius 2 is 1.54 bits per heavy atom. The van der Waals surface area contributed by atoms with Crippen molar-refractivity contribution in [2.75, 3.05) is 16.4 Å². The molecule has 4 N–H and O–H groups in total. The van der Waals surface area contributed by atoms with Gasteiger partial charge in [0, 0.05) is 11.6 Å². The van der Waals surface area contributed by atoms with E-state index in [9.17, 15) is 14.0 Å². The number of rotatable bonds is 5. The highest BCUT2D eigenvalue weighted by Crippen LogP contribution is 2.65. The fourth-order valence-electron chi connectivity index (χ4n) is 3.65. The first-order chi connectivity index (χ1) is 16.4. The van der Waals surface area contributed by atoms with Crippen LogP contribution in [0.15, 0.2) is 48.5 Å². The molecule has 1 aliphatic rings. The van der Waals surface area contributed by atoms with Crippen LogP contribution in [0.25, 0.3) is 0 Å². The first kappa shape index (κ1) is 26.1. The van der Waals surface area contributed by atoms with E-state index >= 15 is 0 Å². The average molecular weight is 596 g/mol. The maximum absolute atomic E-state index is 13.5. The summed E-state index contributed by atoms with van der Waals surface area (Å²) in [6, 6.07) is 11.0. The maximum Gasteiger partial charge on any atom is 0.257 e. The van der Waals surface area contributed by atoms with E-state index < -0.39 is 33.8 Å². The number of nitrogens with one attached hydrogen (secondary N) is 2. The van der Waals surface area contributed by atoms with E-state index in [-0.39, 0.29) is 42.7 Å². The van der Waals surface area contributed by atoms with Crippen LogP contribution in [-0.2, 0) is 4.79 Å². The molecule has 0 spiro atoms. The minimum Gasteiger partial charge on any atom is -0.397 e. The number of hydrogen-bond donors (Lipinski definition) is 3. The first-order valence-corrected chi connectivity index (χ1v) is 12.2. The molecule has 1 saturated carbocycles.